The van der Waals surface area contributed by atoms with Crippen molar-refractivity contribution in [3.05, 3.63) is 29.8 Å². The lowest BCUT2D eigenvalue weighted by Crippen LogP contribution is -2.38. The molecule has 2 rings (SSSR count). The van der Waals surface area contributed by atoms with Gasteiger partial charge in [-0.3, -0.25) is 0 Å². The molecule has 0 amide bonds. The molecule has 1 N–H and O–H groups in total. The normalized spacial score (nSPS) is 19.8. The largest absolute Gasteiger partial charge is 0.494 e. The minimum atomic E-state index is -0.919. The summed E-state index contributed by atoms with van der Waals surface area (Å²) in [7, 11) is 0. The van der Waals surface area contributed by atoms with Crippen LogP contribution < -0.4 is 4.74 Å². The van der Waals surface area contributed by atoms with Crippen LogP contribution in [-0.2, 0) is 0 Å². The third-order valence-corrected chi connectivity index (χ3v) is 3.88. The molecule has 0 aliphatic carbocycles. The van der Waals surface area contributed by atoms with Gasteiger partial charge in [-0.15, -0.1) is 0 Å². The van der Waals surface area contributed by atoms with Crippen molar-refractivity contribution in [1.82, 2.24) is 4.90 Å². The summed E-state index contributed by atoms with van der Waals surface area (Å²) in [6.07, 6.45) is 4.91. The number of carboxylic acid groups (broad SMARTS) is 1. The molecule has 1 heterocycles. The lowest BCUT2D eigenvalue weighted by Gasteiger charge is -2.33. The van der Waals surface area contributed by atoms with E-state index in [9.17, 15) is 4.79 Å². The number of piperidine rings is 1. The van der Waals surface area contributed by atoms with E-state index in [2.05, 4.69) is 11.8 Å². The summed E-state index contributed by atoms with van der Waals surface area (Å²) in [5, 5.41) is 8.92. The highest BCUT2D eigenvalue weighted by atomic mass is 16.5. The topological polar surface area (TPSA) is 49.8 Å². The second-order valence-electron chi connectivity index (χ2n) is 5.42. The van der Waals surface area contributed by atoms with Gasteiger partial charge in [0.05, 0.1) is 12.2 Å². The van der Waals surface area contributed by atoms with E-state index < -0.39 is 5.97 Å². The smallest absolute Gasteiger partial charge is 0.335 e. The summed E-state index contributed by atoms with van der Waals surface area (Å²) < 4.78 is 5.63. The Labute approximate surface area is 120 Å². The van der Waals surface area contributed by atoms with Crippen molar-refractivity contribution >= 4 is 5.97 Å². The van der Waals surface area contributed by atoms with Crippen molar-refractivity contribution in [1.29, 1.82) is 0 Å². The molecule has 1 saturated heterocycles. The summed E-state index contributed by atoms with van der Waals surface area (Å²) in [6, 6.07) is 7.34. The van der Waals surface area contributed by atoms with E-state index in [1.807, 2.05) is 0 Å². The van der Waals surface area contributed by atoms with Crippen LogP contribution in [0.1, 0.15) is 43.0 Å². The molecule has 1 aromatic carbocycles. The Morgan fingerprint density at radius 1 is 1.45 bits per heavy atom. The van der Waals surface area contributed by atoms with Gasteiger partial charge in [0.2, 0.25) is 0 Å². The number of ether oxygens (including phenoxy) is 1. The number of likely N-dealkylation sites (tertiary alicyclic amines) is 1. The van der Waals surface area contributed by atoms with Gasteiger partial charge in [-0.2, -0.15) is 0 Å². The fraction of sp³-hybridized carbons (Fsp3) is 0.562. The van der Waals surface area contributed by atoms with E-state index in [0.717, 1.165) is 13.0 Å². The second-order valence-corrected chi connectivity index (χ2v) is 5.42. The molecule has 20 heavy (non-hydrogen) atoms. The molecule has 1 aliphatic rings. The SMILES string of the molecule is CC1CCCCN1CCCOc1cccc(C(=O)O)c1. The van der Waals surface area contributed by atoms with Crippen LogP contribution in [0.4, 0.5) is 0 Å². The van der Waals surface area contributed by atoms with Gasteiger partial charge in [0.25, 0.3) is 0 Å². The highest BCUT2D eigenvalue weighted by Crippen LogP contribution is 2.17. The molecule has 1 fully saturated rings. The van der Waals surface area contributed by atoms with Crippen LogP contribution in [0.25, 0.3) is 0 Å². The predicted octanol–water partition coefficient (Wildman–Crippen LogP) is 3.03. The third-order valence-electron chi connectivity index (χ3n) is 3.88. The van der Waals surface area contributed by atoms with E-state index in [-0.39, 0.29) is 5.56 Å². The first-order valence-corrected chi connectivity index (χ1v) is 7.37. The number of aromatic carboxylic acids is 1. The third kappa shape index (κ3) is 4.23. The first-order chi connectivity index (χ1) is 9.66. The molecule has 0 bridgehead atoms. The number of rotatable bonds is 6. The van der Waals surface area contributed by atoms with Gasteiger partial charge >= 0.3 is 5.97 Å². The Balaban J connectivity index is 1.73. The molecule has 4 nitrogen and oxygen atoms in total. The minimum absolute atomic E-state index is 0.271. The summed E-state index contributed by atoms with van der Waals surface area (Å²) in [5.41, 5.74) is 0.271. The summed E-state index contributed by atoms with van der Waals surface area (Å²) in [4.78, 5) is 13.4. The van der Waals surface area contributed by atoms with Crippen molar-refractivity contribution in [2.24, 2.45) is 0 Å². The van der Waals surface area contributed by atoms with Crippen LogP contribution in [0.5, 0.6) is 5.75 Å². The van der Waals surface area contributed by atoms with Gasteiger partial charge in [0.1, 0.15) is 5.75 Å². The summed E-state index contributed by atoms with van der Waals surface area (Å²) >= 11 is 0. The van der Waals surface area contributed by atoms with E-state index in [0.29, 0.717) is 18.4 Å². The van der Waals surface area contributed by atoms with Gasteiger partial charge < -0.3 is 14.7 Å². The Morgan fingerprint density at radius 3 is 3.05 bits per heavy atom. The molecule has 1 unspecified atom stereocenters. The van der Waals surface area contributed by atoms with Crippen molar-refractivity contribution < 1.29 is 14.6 Å². The maximum atomic E-state index is 10.9. The number of carbonyl (C=O) groups is 1. The highest BCUT2D eigenvalue weighted by molar-refractivity contribution is 5.87. The minimum Gasteiger partial charge on any atom is -0.494 e. The van der Waals surface area contributed by atoms with Crippen LogP contribution in [0.2, 0.25) is 0 Å². The lowest BCUT2D eigenvalue weighted by atomic mass is 10.0. The van der Waals surface area contributed by atoms with Crippen LogP contribution in [0.3, 0.4) is 0 Å². The Morgan fingerprint density at radius 2 is 2.30 bits per heavy atom. The van der Waals surface area contributed by atoms with E-state index in [1.54, 1.807) is 24.3 Å². The van der Waals surface area contributed by atoms with Crippen LogP contribution in [0, 0.1) is 0 Å². The number of hydrogen-bond donors (Lipinski definition) is 1. The van der Waals surface area contributed by atoms with E-state index in [4.69, 9.17) is 9.84 Å². The Kier molecular flexibility index (Phi) is 5.41. The molecular weight excluding hydrogens is 254 g/mol. The van der Waals surface area contributed by atoms with Crippen molar-refractivity contribution in [2.75, 3.05) is 19.7 Å². The molecule has 1 aliphatic heterocycles. The van der Waals surface area contributed by atoms with Crippen LogP contribution in [0.15, 0.2) is 24.3 Å². The molecule has 0 saturated carbocycles. The number of benzene rings is 1. The Bertz CT molecular complexity index is 447. The first-order valence-electron chi connectivity index (χ1n) is 7.37. The zero-order valence-corrected chi connectivity index (χ0v) is 12.0. The molecule has 4 heteroatoms. The average molecular weight is 277 g/mol. The fourth-order valence-electron chi connectivity index (χ4n) is 2.67. The maximum Gasteiger partial charge on any atom is 0.335 e. The zero-order chi connectivity index (χ0) is 14.4. The number of carboxylic acids is 1. The standard InChI is InChI=1S/C16H23NO3/c1-13-6-2-3-9-17(13)10-5-11-20-15-8-4-7-14(12-15)16(18)19/h4,7-8,12-13H,2-3,5-6,9-11H2,1H3,(H,18,19). The molecule has 1 atom stereocenters. The maximum absolute atomic E-state index is 10.9. The number of nitrogens with zero attached hydrogens (tertiary/aromatic N) is 1. The zero-order valence-electron chi connectivity index (χ0n) is 12.0. The van der Waals surface area contributed by atoms with Crippen LogP contribution >= 0.6 is 0 Å². The van der Waals surface area contributed by atoms with Gasteiger partial charge in [0, 0.05) is 12.6 Å². The summed E-state index contributed by atoms with van der Waals surface area (Å²) in [6.45, 7) is 5.16. The van der Waals surface area contributed by atoms with E-state index in [1.165, 1.54) is 25.8 Å². The van der Waals surface area contributed by atoms with Crippen molar-refractivity contribution in [3.8, 4) is 5.75 Å². The average Bonchev–Trinajstić information content (AvgIpc) is 2.45. The molecule has 1 aromatic rings. The monoisotopic (exact) mass is 277 g/mol. The molecule has 0 aromatic heterocycles. The first kappa shape index (κ1) is 14.9. The second kappa shape index (κ2) is 7.29. The molecule has 110 valence electrons. The van der Waals surface area contributed by atoms with Gasteiger partial charge in [-0.05, 0) is 50.9 Å². The Hall–Kier alpha value is -1.55. The van der Waals surface area contributed by atoms with Gasteiger partial charge in [0.15, 0.2) is 0 Å². The fourth-order valence-corrected chi connectivity index (χ4v) is 2.67. The molecular formula is C16H23NO3. The predicted molar refractivity (Wildman–Crippen MR) is 78.4 cm³/mol. The van der Waals surface area contributed by atoms with Gasteiger partial charge in [-0.25, -0.2) is 4.79 Å². The molecule has 0 spiro atoms. The van der Waals surface area contributed by atoms with Crippen molar-refractivity contribution in [3.63, 3.8) is 0 Å². The summed E-state index contributed by atoms with van der Waals surface area (Å²) in [5.74, 6) is -0.283. The van der Waals surface area contributed by atoms with E-state index >= 15 is 0 Å². The molecule has 0 radical (unpaired) electrons. The van der Waals surface area contributed by atoms with Gasteiger partial charge in [-0.1, -0.05) is 12.5 Å². The highest BCUT2D eigenvalue weighted by Gasteiger charge is 2.17. The lowest BCUT2D eigenvalue weighted by molar-refractivity contribution is 0.0696. The number of hydrogen-bond acceptors (Lipinski definition) is 3. The van der Waals surface area contributed by atoms with Crippen LogP contribution in [-0.4, -0.2) is 41.7 Å². The quantitative estimate of drug-likeness (QED) is 0.812. The van der Waals surface area contributed by atoms with Crippen molar-refractivity contribution in [2.45, 2.75) is 38.6 Å².